The predicted octanol–water partition coefficient (Wildman–Crippen LogP) is 1.84. The van der Waals surface area contributed by atoms with Crippen LogP contribution in [0.3, 0.4) is 0 Å². The Hall–Kier alpha value is -3.17. The highest BCUT2D eigenvalue weighted by atomic mass is 19.1. The Morgan fingerprint density at radius 3 is 2.52 bits per heavy atom. The Bertz CT molecular complexity index is 1020. The first-order valence-electron chi connectivity index (χ1n) is 8.99. The van der Waals surface area contributed by atoms with E-state index in [2.05, 4.69) is 15.3 Å². The van der Waals surface area contributed by atoms with E-state index in [0.29, 0.717) is 0 Å². The van der Waals surface area contributed by atoms with Gasteiger partial charge in [0.25, 0.3) is 0 Å². The number of nitrogens with zero attached hydrogens (tertiary/aromatic N) is 4. The largest absolute Gasteiger partial charge is 0.344 e. The Labute approximate surface area is 165 Å². The standard InChI is InChI=1S/C19H19F3N6O/c1-9-15(22)10(2)25-18(24-9)28-7-13-16(29)27(3)17(23)26-19(13,8-28)12-6-11(20)4-5-14(12)21/h4-6,13H,7-8H2,1-3H3,(H2,23,26)/t13-,19+/m0/s1. The van der Waals surface area contributed by atoms with Crippen LogP contribution in [0.15, 0.2) is 18.2 Å². The van der Waals surface area contributed by atoms with Crippen LogP contribution in [-0.4, -0.2) is 46.9 Å². The number of rotatable bonds is 2. The summed E-state index contributed by atoms with van der Waals surface area (Å²) in [5, 5.41) is 11.0. The molecule has 4 rings (SSSR count). The van der Waals surface area contributed by atoms with Crippen molar-refractivity contribution in [2.24, 2.45) is 5.92 Å². The molecule has 2 atom stereocenters. The maximum atomic E-state index is 14.7. The lowest BCUT2D eigenvalue weighted by atomic mass is 9.78. The Balaban J connectivity index is 1.86. The number of carbonyl (C=O) groups is 1. The minimum atomic E-state index is -1.38. The second kappa shape index (κ2) is 6.43. The van der Waals surface area contributed by atoms with Crippen molar-refractivity contribution in [1.82, 2.24) is 20.2 Å². The molecule has 0 spiro atoms. The fourth-order valence-electron chi connectivity index (χ4n) is 4.06. The van der Waals surface area contributed by atoms with Gasteiger partial charge in [-0.2, -0.15) is 0 Å². The van der Waals surface area contributed by atoms with Gasteiger partial charge in [0.05, 0.1) is 22.8 Å². The van der Waals surface area contributed by atoms with E-state index in [-0.39, 0.29) is 41.9 Å². The van der Waals surface area contributed by atoms with Gasteiger partial charge in [0.2, 0.25) is 11.9 Å². The average Bonchev–Trinajstić information content (AvgIpc) is 3.06. The molecule has 2 N–H and O–H groups in total. The molecule has 0 unspecified atom stereocenters. The highest BCUT2D eigenvalue weighted by Gasteiger charge is 2.57. The SMILES string of the molecule is Cc1nc(N2C[C@H]3C(=O)N(C)C(=N)N[C@@]3(c3cc(F)ccc3F)C2)nc(C)c1F. The first-order valence-corrected chi connectivity index (χ1v) is 8.99. The summed E-state index contributed by atoms with van der Waals surface area (Å²) >= 11 is 0. The van der Waals surface area contributed by atoms with Crippen LogP contribution < -0.4 is 10.2 Å². The van der Waals surface area contributed by atoms with Crippen LogP contribution in [0.5, 0.6) is 0 Å². The zero-order valence-corrected chi connectivity index (χ0v) is 16.1. The van der Waals surface area contributed by atoms with Crippen molar-refractivity contribution >= 4 is 17.8 Å². The molecule has 2 aliphatic heterocycles. The maximum absolute atomic E-state index is 14.7. The first-order chi connectivity index (χ1) is 13.6. The molecule has 1 amide bonds. The van der Waals surface area contributed by atoms with Crippen LogP contribution in [0.2, 0.25) is 0 Å². The average molecular weight is 404 g/mol. The minimum Gasteiger partial charge on any atom is -0.344 e. The first kappa shape index (κ1) is 19.2. The molecule has 1 aromatic heterocycles. The molecule has 7 nitrogen and oxygen atoms in total. The molecule has 29 heavy (non-hydrogen) atoms. The van der Waals surface area contributed by atoms with Gasteiger partial charge >= 0.3 is 0 Å². The number of fused-ring (bicyclic) bond motifs is 1. The third kappa shape index (κ3) is 2.81. The Morgan fingerprint density at radius 1 is 1.21 bits per heavy atom. The molecule has 0 bridgehead atoms. The maximum Gasteiger partial charge on any atom is 0.236 e. The molecule has 152 valence electrons. The zero-order valence-electron chi connectivity index (χ0n) is 16.1. The van der Waals surface area contributed by atoms with Gasteiger partial charge in [-0.15, -0.1) is 0 Å². The number of nitrogens with one attached hydrogen (secondary N) is 2. The van der Waals surface area contributed by atoms with Gasteiger partial charge in [-0.05, 0) is 32.0 Å². The monoisotopic (exact) mass is 404 g/mol. The van der Waals surface area contributed by atoms with E-state index in [1.54, 1.807) is 4.90 Å². The van der Waals surface area contributed by atoms with Gasteiger partial charge in [-0.3, -0.25) is 15.1 Å². The van der Waals surface area contributed by atoms with E-state index < -0.39 is 34.8 Å². The second-order valence-electron chi connectivity index (χ2n) is 7.41. The fraction of sp³-hybridized carbons (Fsp3) is 0.368. The lowest BCUT2D eigenvalue weighted by molar-refractivity contribution is -0.134. The molecule has 3 heterocycles. The van der Waals surface area contributed by atoms with E-state index in [4.69, 9.17) is 5.41 Å². The number of aryl methyl sites for hydroxylation is 2. The molecule has 1 aromatic carbocycles. The highest BCUT2D eigenvalue weighted by molar-refractivity contribution is 6.01. The number of guanidine groups is 1. The van der Waals surface area contributed by atoms with Crippen LogP contribution in [0.1, 0.15) is 17.0 Å². The fourth-order valence-corrected chi connectivity index (χ4v) is 4.06. The number of aromatic nitrogens is 2. The number of carbonyl (C=O) groups excluding carboxylic acids is 1. The molecule has 2 aromatic rings. The Morgan fingerprint density at radius 2 is 1.86 bits per heavy atom. The molecule has 2 fully saturated rings. The van der Waals surface area contributed by atoms with Gasteiger partial charge in [0.15, 0.2) is 11.8 Å². The van der Waals surface area contributed by atoms with Gasteiger partial charge in [-0.25, -0.2) is 23.1 Å². The topological polar surface area (TPSA) is 85.2 Å². The normalized spacial score (nSPS) is 24.0. The third-order valence-electron chi connectivity index (χ3n) is 5.61. The van der Waals surface area contributed by atoms with Gasteiger partial charge in [0.1, 0.15) is 11.6 Å². The summed E-state index contributed by atoms with van der Waals surface area (Å²) in [5.41, 5.74) is -1.13. The lowest BCUT2D eigenvalue weighted by Crippen LogP contribution is -2.65. The van der Waals surface area contributed by atoms with Gasteiger partial charge in [0, 0.05) is 25.7 Å². The van der Waals surface area contributed by atoms with Crippen molar-refractivity contribution in [3.05, 3.63) is 52.6 Å². The van der Waals surface area contributed by atoms with E-state index in [9.17, 15) is 18.0 Å². The molecule has 2 saturated heterocycles. The minimum absolute atomic E-state index is 0.00448. The van der Waals surface area contributed by atoms with Crippen molar-refractivity contribution in [3.8, 4) is 0 Å². The number of anilines is 1. The summed E-state index contributed by atoms with van der Waals surface area (Å²) in [6.07, 6.45) is 0. The zero-order chi connectivity index (χ0) is 21.1. The smallest absolute Gasteiger partial charge is 0.236 e. The van der Waals surface area contributed by atoms with Crippen molar-refractivity contribution < 1.29 is 18.0 Å². The van der Waals surface area contributed by atoms with Crippen molar-refractivity contribution in [2.75, 3.05) is 25.0 Å². The van der Waals surface area contributed by atoms with Crippen molar-refractivity contribution in [1.29, 1.82) is 5.41 Å². The summed E-state index contributed by atoms with van der Waals surface area (Å²) in [4.78, 5) is 24.1. The van der Waals surface area contributed by atoms with Crippen molar-refractivity contribution in [3.63, 3.8) is 0 Å². The number of hydrogen-bond donors (Lipinski definition) is 2. The summed E-state index contributed by atoms with van der Waals surface area (Å²) in [5.74, 6) is -3.13. The lowest BCUT2D eigenvalue weighted by Gasteiger charge is -2.43. The van der Waals surface area contributed by atoms with Crippen LogP contribution in [0.4, 0.5) is 19.1 Å². The second-order valence-corrected chi connectivity index (χ2v) is 7.41. The van der Waals surface area contributed by atoms with E-state index in [1.807, 2.05) is 0 Å². The Kier molecular flexibility index (Phi) is 4.25. The number of hydrogen-bond acceptors (Lipinski definition) is 5. The van der Waals surface area contributed by atoms with Crippen molar-refractivity contribution in [2.45, 2.75) is 19.4 Å². The predicted molar refractivity (Wildman–Crippen MR) is 98.8 cm³/mol. The number of benzene rings is 1. The summed E-state index contributed by atoms with van der Waals surface area (Å²) in [6, 6.07) is 3.03. The van der Waals surface area contributed by atoms with Crippen LogP contribution in [0, 0.1) is 42.6 Å². The molecule has 0 radical (unpaired) electrons. The van der Waals surface area contributed by atoms with Crippen LogP contribution in [0.25, 0.3) is 0 Å². The molecule has 0 aliphatic carbocycles. The third-order valence-corrected chi connectivity index (χ3v) is 5.61. The summed E-state index contributed by atoms with van der Waals surface area (Å²) < 4.78 is 42.7. The molecular weight excluding hydrogens is 385 g/mol. The van der Waals surface area contributed by atoms with E-state index in [0.717, 1.165) is 23.1 Å². The number of halogens is 3. The molecule has 10 heteroatoms. The van der Waals surface area contributed by atoms with Gasteiger partial charge < -0.3 is 10.2 Å². The molecule has 2 aliphatic rings. The molecular formula is C19H19F3N6O. The summed E-state index contributed by atoms with van der Waals surface area (Å²) in [6.45, 7) is 3.12. The van der Waals surface area contributed by atoms with Gasteiger partial charge in [-0.1, -0.05) is 0 Å². The summed E-state index contributed by atoms with van der Waals surface area (Å²) in [7, 11) is 1.44. The molecule has 0 saturated carbocycles. The van der Waals surface area contributed by atoms with E-state index >= 15 is 0 Å². The van der Waals surface area contributed by atoms with Crippen LogP contribution >= 0.6 is 0 Å². The highest BCUT2D eigenvalue weighted by Crippen LogP contribution is 2.42. The van der Waals surface area contributed by atoms with E-state index in [1.165, 1.54) is 20.9 Å². The quantitative estimate of drug-likeness (QED) is 0.798. The van der Waals surface area contributed by atoms with Crippen LogP contribution in [-0.2, 0) is 10.3 Å². The number of amides is 1.